The van der Waals surface area contributed by atoms with Crippen LogP contribution in [0.25, 0.3) is 0 Å². The monoisotopic (exact) mass is 457 g/mol. The largest absolute Gasteiger partial charge is 0.363 e. The van der Waals surface area contributed by atoms with Gasteiger partial charge in [-0.15, -0.1) is 0 Å². The van der Waals surface area contributed by atoms with Crippen LogP contribution in [-0.2, 0) is 27.4 Å². The molecule has 0 bridgehead atoms. The lowest BCUT2D eigenvalue weighted by Gasteiger charge is -2.36. The molecule has 3 aromatic carbocycles. The van der Waals surface area contributed by atoms with Crippen LogP contribution in [0.3, 0.4) is 0 Å². The van der Waals surface area contributed by atoms with Crippen molar-refractivity contribution in [2.75, 3.05) is 18.1 Å². The SMILES string of the molecule is CC[C@H](c1cccc(N(Cc2ccccc2)Cc2ccccc2)c1)[C@H](C(C)=O)C1(C)OCCO1. The number of rotatable bonds is 10. The van der Waals surface area contributed by atoms with Crippen LogP contribution in [-0.4, -0.2) is 24.8 Å². The van der Waals surface area contributed by atoms with Crippen molar-refractivity contribution in [3.8, 4) is 0 Å². The second kappa shape index (κ2) is 11.0. The van der Waals surface area contributed by atoms with Gasteiger partial charge in [0.25, 0.3) is 0 Å². The van der Waals surface area contributed by atoms with Crippen molar-refractivity contribution < 1.29 is 14.3 Å². The van der Waals surface area contributed by atoms with Crippen LogP contribution in [0.15, 0.2) is 84.9 Å². The highest BCUT2D eigenvalue weighted by molar-refractivity contribution is 5.80. The van der Waals surface area contributed by atoms with Crippen molar-refractivity contribution in [3.05, 3.63) is 102 Å². The van der Waals surface area contributed by atoms with Gasteiger partial charge < -0.3 is 14.4 Å². The number of ether oxygens (including phenoxy) is 2. The van der Waals surface area contributed by atoms with Crippen LogP contribution < -0.4 is 4.90 Å². The number of carbonyl (C=O) groups excluding carboxylic acids is 1. The van der Waals surface area contributed by atoms with Crippen molar-refractivity contribution in [2.45, 2.75) is 52.0 Å². The van der Waals surface area contributed by atoms with E-state index in [1.165, 1.54) is 11.1 Å². The molecule has 0 spiro atoms. The Bertz CT molecular complexity index is 1020. The standard InChI is InChI=1S/C30H35NO3/c1-4-28(29(23(2)32)30(3)33-18-19-34-30)26-16-11-17-27(20-26)31(21-24-12-7-5-8-13-24)22-25-14-9-6-10-15-25/h5-17,20,28-29H,4,18-19,21-22H2,1-3H3/t28-,29+/m1/s1. The van der Waals surface area contributed by atoms with Crippen molar-refractivity contribution >= 4 is 11.5 Å². The Labute approximate surface area is 203 Å². The van der Waals surface area contributed by atoms with Crippen molar-refractivity contribution in [3.63, 3.8) is 0 Å². The van der Waals surface area contributed by atoms with Crippen molar-refractivity contribution in [2.24, 2.45) is 5.92 Å². The van der Waals surface area contributed by atoms with Crippen LogP contribution in [0, 0.1) is 5.92 Å². The van der Waals surface area contributed by atoms with Gasteiger partial charge >= 0.3 is 0 Å². The topological polar surface area (TPSA) is 38.8 Å². The molecule has 1 saturated heterocycles. The molecule has 4 rings (SSSR count). The van der Waals surface area contributed by atoms with E-state index in [0.29, 0.717) is 13.2 Å². The molecule has 0 saturated carbocycles. The van der Waals surface area contributed by atoms with Gasteiger partial charge in [-0.1, -0.05) is 79.7 Å². The van der Waals surface area contributed by atoms with E-state index < -0.39 is 5.79 Å². The van der Waals surface area contributed by atoms with E-state index in [2.05, 4.69) is 84.6 Å². The average Bonchev–Trinajstić information content (AvgIpc) is 3.30. The number of carbonyl (C=O) groups is 1. The first-order valence-corrected chi connectivity index (χ1v) is 12.2. The Hall–Kier alpha value is -2.95. The summed E-state index contributed by atoms with van der Waals surface area (Å²) in [5, 5.41) is 0. The molecule has 34 heavy (non-hydrogen) atoms. The lowest BCUT2D eigenvalue weighted by molar-refractivity contribution is -0.189. The number of ketones is 1. The highest BCUT2D eigenvalue weighted by Gasteiger charge is 2.46. The number of hydrogen-bond donors (Lipinski definition) is 0. The summed E-state index contributed by atoms with van der Waals surface area (Å²) in [5.74, 6) is -1.12. The summed E-state index contributed by atoms with van der Waals surface area (Å²) >= 11 is 0. The van der Waals surface area contributed by atoms with Crippen molar-refractivity contribution in [1.82, 2.24) is 0 Å². The summed E-state index contributed by atoms with van der Waals surface area (Å²) in [6.45, 7) is 8.36. The summed E-state index contributed by atoms with van der Waals surface area (Å²) in [6, 6.07) is 29.7. The quantitative estimate of drug-likeness (QED) is 0.355. The van der Waals surface area contributed by atoms with E-state index in [0.717, 1.165) is 30.8 Å². The highest BCUT2D eigenvalue weighted by atomic mass is 16.7. The zero-order valence-corrected chi connectivity index (χ0v) is 20.4. The maximum absolute atomic E-state index is 12.8. The molecular formula is C30H35NO3. The van der Waals surface area contributed by atoms with Crippen LogP contribution in [0.2, 0.25) is 0 Å². The molecule has 0 aromatic heterocycles. The molecule has 0 N–H and O–H groups in total. The summed E-state index contributed by atoms with van der Waals surface area (Å²) in [4.78, 5) is 15.2. The molecule has 0 aliphatic carbocycles. The fourth-order valence-electron chi connectivity index (χ4n) is 5.19. The van der Waals surface area contributed by atoms with Gasteiger partial charge in [0.1, 0.15) is 5.78 Å². The normalized spacial score (nSPS) is 16.7. The second-order valence-corrected chi connectivity index (χ2v) is 9.24. The molecule has 1 aliphatic rings. The first kappa shape index (κ1) is 24.2. The fourth-order valence-corrected chi connectivity index (χ4v) is 5.19. The van der Waals surface area contributed by atoms with Gasteiger partial charge in [0.05, 0.1) is 19.1 Å². The smallest absolute Gasteiger partial charge is 0.175 e. The molecule has 1 aliphatic heterocycles. The third kappa shape index (κ3) is 5.57. The lowest BCUT2D eigenvalue weighted by Crippen LogP contribution is -2.43. The van der Waals surface area contributed by atoms with Gasteiger partial charge in [-0.25, -0.2) is 0 Å². The number of nitrogens with zero attached hydrogens (tertiary/aromatic N) is 1. The minimum atomic E-state index is -0.879. The molecule has 178 valence electrons. The predicted molar refractivity (Wildman–Crippen MR) is 137 cm³/mol. The van der Waals surface area contributed by atoms with Gasteiger partial charge in [-0.3, -0.25) is 4.79 Å². The maximum Gasteiger partial charge on any atom is 0.175 e. The summed E-state index contributed by atoms with van der Waals surface area (Å²) in [7, 11) is 0. The molecule has 0 amide bonds. The van der Waals surface area contributed by atoms with E-state index in [1.54, 1.807) is 6.92 Å². The summed E-state index contributed by atoms with van der Waals surface area (Å²) < 4.78 is 11.9. The molecule has 0 unspecified atom stereocenters. The van der Waals surface area contributed by atoms with E-state index in [1.807, 2.05) is 19.1 Å². The summed E-state index contributed by atoms with van der Waals surface area (Å²) in [5.41, 5.74) is 4.81. The van der Waals surface area contributed by atoms with E-state index in [9.17, 15) is 4.79 Å². The van der Waals surface area contributed by atoms with Crippen molar-refractivity contribution in [1.29, 1.82) is 0 Å². The average molecular weight is 458 g/mol. The zero-order chi connectivity index (χ0) is 24.0. The Balaban J connectivity index is 1.68. The van der Waals surface area contributed by atoms with Crippen LogP contribution in [0.4, 0.5) is 5.69 Å². The first-order valence-electron chi connectivity index (χ1n) is 12.2. The molecule has 2 atom stereocenters. The molecule has 1 heterocycles. The highest BCUT2D eigenvalue weighted by Crippen LogP contribution is 2.41. The van der Waals surface area contributed by atoms with Gasteiger partial charge in [-0.2, -0.15) is 0 Å². The van der Waals surface area contributed by atoms with Crippen LogP contribution >= 0.6 is 0 Å². The number of hydrogen-bond acceptors (Lipinski definition) is 4. The van der Waals surface area contributed by atoms with Gasteiger partial charge in [0, 0.05) is 18.8 Å². The predicted octanol–water partition coefficient (Wildman–Crippen LogP) is 6.36. The van der Waals surface area contributed by atoms with E-state index in [4.69, 9.17) is 9.47 Å². The second-order valence-electron chi connectivity index (χ2n) is 9.24. The number of anilines is 1. The van der Waals surface area contributed by atoms with Crippen LogP contribution in [0.1, 0.15) is 49.8 Å². The lowest BCUT2D eigenvalue weighted by atomic mass is 9.77. The van der Waals surface area contributed by atoms with Gasteiger partial charge in [-0.05, 0) is 55.0 Å². The van der Waals surface area contributed by atoms with Gasteiger partial charge in [0.15, 0.2) is 5.79 Å². The Morgan fingerprint density at radius 1 is 0.882 bits per heavy atom. The molecular weight excluding hydrogens is 422 g/mol. The third-order valence-corrected chi connectivity index (χ3v) is 6.80. The Morgan fingerprint density at radius 3 is 1.94 bits per heavy atom. The van der Waals surface area contributed by atoms with E-state index in [-0.39, 0.29) is 17.6 Å². The van der Waals surface area contributed by atoms with Gasteiger partial charge in [0.2, 0.25) is 0 Å². The molecule has 4 heteroatoms. The number of benzene rings is 3. The molecule has 1 fully saturated rings. The summed E-state index contributed by atoms with van der Waals surface area (Å²) in [6.07, 6.45) is 0.827. The molecule has 3 aromatic rings. The minimum Gasteiger partial charge on any atom is -0.363 e. The third-order valence-electron chi connectivity index (χ3n) is 6.80. The van der Waals surface area contributed by atoms with E-state index >= 15 is 0 Å². The van der Waals surface area contributed by atoms with Crippen LogP contribution in [0.5, 0.6) is 0 Å². The zero-order valence-electron chi connectivity index (χ0n) is 20.4. The fraction of sp³-hybridized carbons (Fsp3) is 0.367. The Morgan fingerprint density at radius 2 is 1.44 bits per heavy atom. The maximum atomic E-state index is 12.8. The Kier molecular flexibility index (Phi) is 7.81. The first-order chi connectivity index (χ1) is 16.5. The molecule has 4 nitrogen and oxygen atoms in total. The number of Topliss-reactive ketones (excluding diaryl/α,β-unsaturated/α-hetero) is 1. The minimum absolute atomic E-state index is 0.0100. The molecule has 0 radical (unpaired) electrons.